The predicted molar refractivity (Wildman–Crippen MR) is 93.5 cm³/mol. The van der Waals surface area contributed by atoms with Crippen molar-refractivity contribution in [2.75, 3.05) is 5.84 Å². The fourth-order valence-corrected chi connectivity index (χ4v) is 4.18. The summed E-state index contributed by atoms with van der Waals surface area (Å²) in [6.07, 6.45) is 4.15. The summed E-state index contributed by atoms with van der Waals surface area (Å²) in [5.74, 6) is 7.49. The first kappa shape index (κ1) is 15.2. The summed E-state index contributed by atoms with van der Waals surface area (Å²) in [6, 6.07) is 3.95. The van der Waals surface area contributed by atoms with Crippen molar-refractivity contribution in [3.05, 3.63) is 35.4 Å². The minimum atomic E-state index is 0.564. The van der Waals surface area contributed by atoms with Crippen molar-refractivity contribution in [1.82, 2.24) is 24.8 Å². The molecular weight excluding hydrogens is 344 g/mol. The highest BCUT2D eigenvalue weighted by atomic mass is 32.2. The standard InChI is InChI=1S/C15H14N6OS2/c1-3-9-6-11-13(23-9)17-7-18-14(11)24-15-20-19-12(21(15)16)10-4-5-22-8(10)2/h4-7H,3,16H2,1-2H3. The van der Waals surface area contributed by atoms with Crippen LogP contribution in [0.25, 0.3) is 21.6 Å². The summed E-state index contributed by atoms with van der Waals surface area (Å²) >= 11 is 3.06. The molecule has 0 saturated heterocycles. The molecular formula is C15H14N6OS2. The predicted octanol–water partition coefficient (Wildman–Crippen LogP) is 3.28. The molecule has 24 heavy (non-hydrogen) atoms. The Hall–Kier alpha value is -2.39. The molecule has 4 aromatic heterocycles. The van der Waals surface area contributed by atoms with E-state index < -0.39 is 0 Å². The molecule has 4 rings (SSSR count). The molecule has 0 aliphatic heterocycles. The Balaban J connectivity index is 1.73. The number of aromatic nitrogens is 5. The Morgan fingerprint density at radius 1 is 1.33 bits per heavy atom. The van der Waals surface area contributed by atoms with E-state index in [1.54, 1.807) is 23.9 Å². The number of aryl methyl sites for hydroxylation is 2. The first-order valence-electron chi connectivity index (χ1n) is 7.33. The van der Waals surface area contributed by atoms with Crippen LogP contribution in [0.2, 0.25) is 0 Å². The number of thiophene rings is 1. The number of hydrogen-bond donors (Lipinski definition) is 1. The summed E-state index contributed by atoms with van der Waals surface area (Å²) in [6.45, 7) is 3.99. The lowest BCUT2D eigenvalue weighted by molar-refractivity contribution is 0.535. The van der Waals surface area contributed by atoms with E-state index in [1.165, 1.54) is 21.3 Å². The molecule has 0 bridgehead atoms. The molecule has 0 aliphatic rings. The molecule has 7 nitrogen and oxygen atoms in total. The van der Waals surface area contributed by atoms with Crippen molar-refractivity contribution in [3.8, 4) is 11.4 Å². The zero-order chi connectivity index (χ0) is 16.7. The maximum absolute atomic E-state index is 6.18. The van der Waals surface area contributed by atoms with E-state index in [4.69, 9.17) is 10.3 Å². The van der Waals surface area contributed by atoms with Crippen molar-refractivity contribution in [2.24, 2.45) is 0 Å². The van der Waals surface area contributed by atoms with Crippen LogP contribution in [0, 0.1) is 6.92 Å². The number of nitrogen functional groups attached to an aromatic ring is 1. The number of nitrogens with two attached hydrogens (primary N) is 1. The van der Waals surface area contributed by atoms with Gasteiger partial charge in [-0.2, -0.15) is 0 Å². The minimum Gasteiger partial charge on any atom is -0.469 e. The van der Waals surface area contributed by atoms with Gasteiger partial charge in [-0.25, -0.2) is 14.6 Å². The normalized spacial score (nSPS) is 11.4. The molecule has 0 saturated carbocycles. The van der Waals surface area contributed by atoms with Crippen LogP contribution in [-0.4, -0.2) is 24.8 Å². The van der Waals surface area contributed by atoms with Gasteiger partial charge in [0.25, 0.3) is 0 Å². The summed E-state index contributed by atoms with van der Waals surface area (Å²) in [5, 5.41) is 10.8. The third-order valence-corrected chi connectivity index (χ3v) is 5.81. The SMILES string of the molecule is CCc1cc2c(Sc3nnc(-c4ccoc4C)n3N)ncnc2s1. The quantitative estimate of drug-likeness (QED) is 0.442. The van der Waals surface area contributed by atoms with Crippen molar-refractivity contribution in [1.29, 1.82) is 0 Å². The maximum atomic E-state index is 6.18. The van der Waals surface area contributed by atoms with E-state index in [1.807, 2.05) is 13.0 Å². The minimum absolute atomic E-state index is 0.564. The Morgan fingerprint density at radius 2 is 2.21 bits per heavy atom. The van der Waals surface area contributed by atoms with Crippen LogP contribution < -0.4 is 5.84 Å². The molecule has 0 radical (unpaired) electrons. The van der Waals surface area contributed by atoms with Gasteiger partial charge in [0.15, 0.2) is 5.82 Å². The lowest BCUT2D eigenvalue weighted by Gasteiger charge is -2.03. The molecule has 0 atom stereocenters. The van der Waals surface area contributed by atoms with Crippen molar-refractivity contribution in [3.63, 3.8) is 0 Å². The van der Waals surface area contributed by atoms with Gasteiger partial charge in [-0.15, -0.1) is 21.5 Å². The highest BCUT2D eigenvalue weighted by molar-refractivity contribution is 7.99. The van der Waals surface area contributed by atoms with E-state index in [2.05, 4.69) is 33.2 Å². The summed E-state index contributed by atoms with van der Waals surface area (Å²) in [5.41, 5.74) is 0.827. The van der Waals surface area contributed by atoms with Gasteiger partial charge in [-0.05, 0) is 37.2 Å². The van der Waals surface area contributed by atoms with Gasteiger partial charge in [-0.1, -0.05) is 6.92 Å². The van der Waals surface area contributed by atoms with Gasteiger partial charge in [-0.3, -0.25) is 0 Å². The summed E-state index contributed by atoms with van der Waals surface area (Å²) in [4.78, 5) is 11.0. The Bertz CT molecular complexity index is 1020. The second-order valence-corrected chi connectivity index (χ2v) is 7.20. The number of rotatable bonds is 4. The molecule has 0 spiro atoms. The maximum Gasteiger partial charge on any atom is 0.216 e. The number of furan rings is 1. The largest absolute Gasteiger partial charge is 0.469 e. The Labute approximate surface area is 145 Å². The Morgan fingerprint density at radius 3 is 2.96 bits per heavy atom. The van der Waals surface area contributed by atoms with E-state index >= 15 is 0 Å². The topological polar surface area (TPSA) is 95.7 Å². The van der Waals surface area contributed by atoms with E-state index in [0.29, 0.717) is 11.0 Å². The fraction of sp³-hybridized carbons (Fsp3) is 0.200. The van der Waals surface area contributed by atoms with Gasteiger partial charge >= 0.3 is 0 Å². The monoisotopic (exact) mass is 358 g/mol. The van der Waals surface area contributed by atoms with E-state index in [-0.39, 0.29) is 0 Å². The molecule has 0 amide bonds. The third-order valence-electron chi connectivity index (χ3n) is 3.64. The van der Waals surface area contributed by atoms with Crippen LogP contribution in [0.15, 0.2) is 39.3 Å². The molecule has 0 fully saturated rings. The second kappa shape index (κ2) is 5.91. The van der Waals surface area contributed by atoms with Crippen molar-refractivity contribution >= 4 is 33.3 Å². The summed E-state index contributed by atoms with van der Waals surface area (Å²) in [7, 11) is 0. The van der Waals surface area contributed by atoms with Crippen LogP contribution >= 0.6 is 23.1 Å². The smallest absolute Gasteiger partial charge is 0.216 e. The number of fused-ring (bicyclic) bond motifs is 1. The lowest BCUT2D eigenvalue weighted by atomic mass is 10.2. The van der Waals surface area contributed by atoms with Gasteiger partial charge in [0.1, 0.15) is 21.9 Å². The highest BCUT2D eigenvalue weighted by Gasteiger charge is 2.18. The van der Waals surface area contributed by atoms with Gasteiger partial charge in [0, 0.05) is 10.3 Å². The second-order valence-electron chi connectivity index (χ2n) is 5.13. The van der Waals surface area contributed by atoms with Crippen molar-refractivity contribution < 1.29 is 4.42 Å². The van der Waals surface area contributed by atoms with Crippen LogP contribution in [0.1, 0.15) is 17.6 Å². The number of hydrogen-bond acceptors (Lipinski definition) is 8. The third kappa shape index (κ3) is 2.45. The first-order valence-corrected chi connectivity index (χ1v) is 8.97. The fourth-order valence-electron chi connectivity index (χ4n) is 2.37. The summed E-state index contributed by atoms with van der Waals surface area (Å²) < 4.78 is 6.77. The number of nitrogens with zero attached hydrogens (tertiary/aromatic N) is 5. The average Bonchev–Trinajstić information content (AvgIpc) is 3.27. The Kier molecular flexibility index (Phi) is 3.73. The zero-order valence-electron chi connectivity index (χ0n) is 13.1. The average molecular weight is 358 g/mol. The highest BCUT2D eigenvalue weighted by Crippen LogP contribution is 2.34. The molecule has 2 N–H and O–H groups in total. The molecule has 4 aromatic rings. The van der Waals surface area contributed by atoms with Crippen LogP contribution in [-0.2, 0) is 6.42 Å². The zero-order valence-corrected chi connectivity index (χ0v) is 14.7. The van der Waals surface area contributed by atoms with Gasteiger partial charge in [0.2, 0.25) is 5.16 Å². The van der Waals surface area contributed by atoms with Crippen molar-refractivity contribution in [2.45, 2.75) is 30.5 Å². The molecule has 4 heterocycles. The van der Waals surface area contributed by atoms with E-state index in [0.717, 1.165) is 33.0 Å². The van der Waals surface area contributed by atoms with Gasteiger partial charge < -0.3 is 10.3 Å². The molecule has 0 unspecified atom stereocenters. The lowest BCUT2D eigenvalue weighted by Crippen LogP contribution is -2.11. The molecule has 122 valence electrons. The van der Waals surface area contributed by atoms with Crippen LogP contribution in [0.5, 0.6) is 0 Å². The van der Waals surface area contributed by atoms with Crippen LogP contribution in [0.3, 0.4) is 0 Å². The van der Waals surface area contributed by atoms with E-state index in [9.17, 15) is 0 Å². The molecule has 0 aromatic carbocycles. The molecule has 0 aliphatic carbocycles. The van der Waals surface area contributed by atoms with Gasteiger partial charge in [0.05, 0.1) is 11.8 Å². The molecule has 9 heteroatoms. The van der Waals surface area contributed by atoms with Crippen LogP contribution in [0.4, 0.5) is 0 Å². The first-order chi connectivity index (χ1) is 11.7.